The Balaban J connectivity index is 2.11. The van der Waals surface area contributed by atoms with Gasteiger partial charge in [-0.1, -0.05) is 12.1 Å². The lowest BCUT2D eigenvalue weighted by Crippen LogP contribution is -2.48. The predicted octanol–water partition coefficient (Wildman–Crippen LogP) is 2.54. The summed E-state index contributed by atoms with van der Waals surface area (Å²) < 4.78 is 0. The second kappa shape index (κ2) is 5.36. The van der Waals surface area contributed by atoms with Crippen LogP contribution in [0.1, 0.15) is 19.8 Å². The highest BCUT2D eigenvalue weighted by Crippen LogP contribution is 2.31. The average molecular weight is 279 g/mol. The van der Waals surface area contributed by atoms with Crippen LogP contribution in [0.4, 0.5) is 16.2 Å². The van der Waals surface area contributed by atoms with E-state index in [-0.39, 0.29) is 11.2 Å². The van der Waals surface area contributed by atoms with Crippen molar-refractivity contribution in [2.75, 3.05) is 18.4 Å². The molecule has 1 saturated heterocycles. The highest BCUT2D eigenvalue weighted by Gasteiger charge is 2.33. The Hall–Kier alpha value is -2.31. The van der Waals surface area contributed by atoms with Gasteiger partial charge in [-0.3, -0.25) is 10.1 Å². The molecule has 1 aromatic carbocycles. The maximum atomic E-state index is 11.0. The Morgan fingerprint density at radius 2 is 2.00 bits per heavy atom. The number of piperidine rings is 1. The van der Waals surface area contributed by atoms with Crippen molar-refractivity contribution in [2.24, 2.45) is 0 Å². The van der Waals surface area contributed by atoms with E-state index in [1.807, 2.05) is 6.92 Å². The van der Waals surface area contributed by atoms with Crippen LogP contribution in [0, 0.1) is 10.1 Å². The van der Waals surface area contributed by atoms with Gasteiger partial charge in [-0.05, 0) is 25.8 Å². The first-order valence-corrected chi connectivity index (χ1v) is 6.41. The van der Waals surface area contributed by atoms with Gasteiger partial charge in [0.05, 0.1) is 4.92 Å². The van der Waals surface area contributed by atoms with Crippen LogP contribution in [0.25, 0.3) is 0 Å². The second-order valence-corrected chi connectivity index (χ2v) is 5.23. The molecule has 0 spiro atoms. The van der Waals surface area contributed by atoms with Crippen molar-refractivity contribution in [3.63, 3.8) is 0 Å². The van der Waals surface area contributed by atoms with Crippen molar-refractivity contribution in [1.82, 2.24) is 4.90 Å². The van der Waals surface area contributed by atoms with Crippen molar-refractivity contribution in [1.29, 1.82) is 0 Å². The summed E-state index contributed by atoms with van der Waals surface area (Å²) in [6, 6.07) is 6.49. The summed E-state index contributed by atoms with van der Waals surface area (Å²) >= 11 is 0. The normalized spacial score (nSPS) is 17.6. The zero-order chi connectivity index (χ0) is 14.8. The Bertz CT molecular complexity index is 524. The third kappa shape index (κ3) is 2.98. The number of hydrogen-bond donors (Lipinski definition) is 2. The summed E-state index contributed by atoms with van der Waals surface area (Å²) in [5.41, 5.74) is 0.177. The minimum Gasteiger partial charge on any atom is -0.465 e. The smallest absolute Gasteiger partial charge is 0.407 e. The van der Waals surface area contributed by atoms with Crippen LogP contribution in [0.2, 0.25) is 0 Å². The molecule has 0 bridgehead atoms. The zero-order valence-corrected chi connectivity index (χ0v) is 11.2. The van der Waals surface area contributed by atoms with Gasteiger partial charge in [0.1, 0.15) is 5.69 Å². The number of amides is 1. The zero-order valence-electron chi connectivity index (χ0n) is 11.2. The van der Waals surface area contributed by atoms with E-state index in [2.05, 4.69) is 5.32 Å². The van der Waals surface area contributed by atoms with Crippen molar-refractivity contribution >= 4 is 17.5 Å². The van der Waals surface area contributed by atoms with E-state index in [4.69, 9.17) is 5.11 Å². The van der Waals surface area contributed by atoms with E-state index >= 15 is 0 Å². The molecule has 0 radical (unpaired) electrons. The number of carbonyl (C=O) groups is 1. The summed E-state index contributed by atoms with van der Waals surface area (Å²) in [5, 5.41) is 23.1. The highest BCUT2D eigenvalue weighted by atomic mass is 16.6. The maximum absolute atomic E-state index is 11.0. The van der Waals surface area contributed by atoms with E-state index in [0.29, 0.717) is 31.6 Å². The number of rotatable bonds is 3. The summed E-state index contributed by atoms with van der Waals surface area (Å²) in [4.78, 5) is 22.8. The summed E-state index contributed by atoms with van der Waals surface area (Å²) in [6.45, 7) is 2.82. The molecule has 1 fully saturated rings. The first-order valence-electron chi connectivity index (χ1n) is 6.41. The van der Waals surface area contributed by atoms with Crippen LogP contribution in [0.5, 0.6) is 0 Å². The molecular formula is C13H17N3O4. The van der Waals surface area contributed by atoms with Gasteiger partial charge in [0.15, 0.2) is 0 Å². The Labute approximate surface area is 116 Å². The number of likely N-dealkylation sites (tertiary alicyclic amines) is 1. The van der Waals surface area contributed by atoms with E-state index in [9.17, 15) is 14.9 Å². The predicted molar refractivity (Wildman–Crippen MR) is 74.0 cm³/mol. The number of nitro benzene ring substituents is 1. The van der Waals surface area contributed by atoms with Crippen molar-refractivity contribution in [2.45, 2.75) is 25.3 Å². The molecule has 0 unspecified atom stereocenters. The fraction of sp³-hybridized carbons (Fsp3) is 0.462. The minimum atomic E-state index is -0.919. The molecule has 7 heteroatoms. The van der Waals surface area contributed by atoms with E-state index in [1.54, 1.807) is 18.2 Å². The molecule has 20 heavy (non-hydrogen) atoms. The van der Waals surface area contributed by atoms with Crippen LogP contribution in [0.15, 0.2) is 24.3 Å². The number of nitro groups is 1. The largest absolute Gasteiger partial charge is 0.465 e. The molecule has 0 atom stereocenters. The quantitative estimate of drug-likeness (QED) is 0.654. The maximum Gasteiger partial charge on any atom is 0.407 e. The number of carboxylic acid groups (broad SMARTS) is 1. The number of nitrogens with one attached hydrogen (secondary N) is 1. The van der Waals surface area contributed by atoms with Gasteiger partial charge < -0.3 is 15.3 Å². The lowest BCUT2D eigenvalue weighted by atomic mass is 9.89. The molecule has 108 valence electrons. The summed E-state index contributed by atoms with van der Waals surface area (Å²) in [7, 11) is 0. The second-order valence-electron chi connectivity index (χ2n) is 5.23. The Kier molecular flexibility index (Phi) is 3.78. The summed E-state index contributed by atoms with van der Waals surface area (Å²) in [5.74, 6) is 0. The minimum absolute atomic E-state index is 0.0365. The van der Waals surface area contributed by atoms with Gasteiger partial charge >= 0.3 is 6.09 Å². The number of anilines is 1. The summed E-state index contributed by atoms with van der Waals surface area (Å²) in [6.07, 6.45) is 0.314. The topological polar surface area (TPSA) is 95.7 Å². The van der Waals surface area contributed by atoms with Crippen LogP contribution in [0.3, 0.4) is 0 Å². The van der Waals surface area contributed by atoms with Crippen LogP contribution in [-0.2, 0) is 0 Å². The van der Waals surface area contributed by atoms with Crippen LogP contribution in [-0.4, -0.2) is 39.7 Å². The van der Waals surface area contributed by atoms with Crippen molar-refractivity contribution in [3.8, 4) is 0 Å². The SMILES string of the molecule is CC1(Nc2ccccc2[N+](=O)[O-])CCN(C(=O)O)CC1. The van der Waals surface area contributed by atoms with Crippen LogP contribution >= 0.6 is 0 Å². The van der Waals surface area contributed by atoms with Gasteiger partial charge in [0.25, 0.3) is 5.69 Å². The molecule has 2 rings (SSSR count). The molecule has 1 aliphatic rings. The van der Waals surface area contributed by atoms with Gasteiger partial charge in [-0.15, -0.1) is 0 Å². The molecule has 1 aliphatic heterocycles. The molecule has 0 saturated carbocycles. The number of nitrogens with zero attached hydrogens (tertiary/aromatic N) is 2. The van der Waals surface area contributed by atoms with Crippen LogP contribution < -0.4 is 5.32 Å². The van der Waals surface area contributed by atoms with Gasteiger partial charge in [0.2, 0.25) is 0 Å². The molecule has 0 aromatic heterocycles. The molecule has 0 aliphatic carbocycles. The average Bonchev–Trinajstić information content (AvgIpc) is 2.39. The highest BCUT2D eigenvalue weighted by molar-refractivity contribution is 5.65. The third-order valence-corrected chi connectivity index (χ3v) is 3.67. The molecular weight excluding hydrogens is 262 g/mol. The number of benzene rings is 1. The molecule has 1 amide bonds. The fourth-order valence-corrected chi connectivity index (χ4v) is 2.38. The van der Waals surface area contributed by atoms with Crippen molar-refractivity contribution < 1.29 is 14.8 Å². The van der Waals surface area contributed by atoms with E-state index in [0.717, 1.165) is 0 Å². The number of hydrogen-bond acceptors (Lipinski definition) is 4. The van der Waals surface area contributed by atoms with Crippen molar-refractivity contribution in [3.05, 3.63) is 34.4 Å². The fourth-order valence-electron chi connectivity index (χ4n) is 2.38. The molecule has 2 N–H and O–H groups in total. The first kappa shape index (κ1) is 14.1. The van der Waals surface area contributed by atoms with E-state index < -0.39 is 11.0 Å². The monoisotopic (exact) mass is 279 g/mol. The number of para-hydroxylation sites is 2. The van der Waals surface area contributed by atoms with E-state index in [1.165, 1.54) is 11.0 Å². The lowest BCUT2D eigenvalue weighted by molar-refractivity contribution is -0.384. The standard InChI is InChI=1S/C13H17N3O4/c1-13(6-8-15(9-7-13)12(17)18)14-10-4-2-3-5-11(10)16(19)20/h2-5,14H,6-9H2,1H3,(H,17,18). The van der Waals surface area contributed by atoms with Gasteiger partial charge in [-0.25, -0.2) is 4.79 Å². The molecule has 1 heterocycles. The van der Waals surface area contributed by atoms with Gasteiger partial charge in [-0.2, -0.15) is 0 Å². The molecule has 1 aromatic rings. The third-order valence-electron chi connectivity index (χ3n) is 3.67. The lowest BCUT2D eigenvalue weighted by Gasteiger charge is -2.39. The Morgan fingerprint density at radius 1 is 1.40 bits per heavy atom. The van der Waals surface area contributed by atoms with Gasteiger partial charge in [0, 0.05) is 24.7 Å². The Morgan fingerprint density at radius 3 is 2.55 bits per heavy atom. The molecule has 7 nitrogen and oxygen atoms in total. The first-order chi connectivity index (χ1) is 9.41.